The van der Waals surface area contributed by atoms with Crippen molar-refractivity contribution in [3.05, 3.63) is 0 Å². The van der Waals surface area contributed by atoms with Crippen LogP contribution in [0.3, 0.4) is 0 Å². The molecule has 0 saturated heterocycles. The summed E-state index contributed by atoms with van der Waals surface area (Å²) in [6.07, 6.45) is 12.5. The number of aliphatic carboxylic acids is 1. The lowest BCUT2D eigenvalue weighted by atomic mass is 10.1. The highest BCUT2D eigenvalue weighted by Gasteiger charge is 2.38. The summed E-state index contributed by atoms with van der Waals surface area (Å²) in [4.78, 5) is 15.9. The van der Waals surface area contributed by atoms with E-state index in [9.17, 15) is 9.90 Å². The Kier molecular flexibility index (Phi) is 9.37. The van der Waals surface area contributed by atoms with Crippen LogP contribution in [-0.2, 0) is 4.79 Å². The van der Waals surface area contributed by atoms with E-state index in [1.807, 2.05) is 0 Å². The molecule has 0 radical (unpaired) electrons. The third-order valence-corrected chi connectivity index (χ3v) is 4.71. The normalized spacial score (nSPS) is 21.1. The first-order valence-electron chi connectivity index (χ1n) is 9.26. The number of carbonyl (C=O) groups is 1. The number of unbranched alkanes of at least 4 members (excludes halogenated alkanes) is 7. The molecule has 1 aliphatic rings. The summed E-state index contributed by atoms with van der Waals surface area (Å²) in [5, 5.41) is 9.23. The van der Waals surface area contributed by atoms with Gasteiger partial charge in [-0.05, 0) is 12.8 Å². The molecule has 1 unspecified atom stereocenters. The molecule has 1 heterocycles. The molecule has 1 rings (SSSR count). The predicted octanol–water partition coefficient (Wildman–Crippen LogP) is 4.24. The van der Waals surface area contributed by atoms with Gasteiger partial charge in [-0.3, -0.25) is 4.48 Å². The molecule has 1 aliphatic heterocycles. The highest BCUT2D eigenvalue weighted by molar-refractivity contribution is 5.80. The van der Waals surface area contributed by atoms with Crippen molar-refractivity contribution in [3.8, 4) is 0 Å². The van der Waals surface area contributed by atoms with Crippen molar-refractivity contribution in [1.82, 2.24) is 0 Å². The molecule has 0 fully saturated rings. The molecular weight excluding hydrogens is 276 g/mol. The highest BCUT2D eigenvalue weighted by Crippen LogP contribution is 2.21. The lowest BCUT2D eigenvalue weighted by Crippen LogP contribution is -2.54. The molecule has 0 saturated carbocycles. The maximum atomic E-state index is 11.2. The van der Waals surface area contributed by atoms with Gasteiger partial charge < -0.3 is 5.11 Å². The SMILES string of the molecule is CCCCCCCCCCC1=NCC[N+]1(CCC)CC(=O)O. The topological polar surface area (TPSA) is 49.7 Å². The quantitative estimate of drug-likeness (QED) is 0.408. The van der Waals surface area contributed by atoms with E-state index >= 15 is 0 Å². The number of carboxylic acids is 1. The second-order valence-corrected chi connectivity index (χ2v) is 6.67. The van der Waals surface area contributed by atoms with Crippen LogP contribution in [0.4, 0.5) is 0 Å². The van der Waals surface area contributed by atoms with Gasteiger partial charge in [0, 0.05) is 6.42 Å². The van der Waals surface area contributed by atoms with Crippen LogP contribution in [0.1, 0.15) is 78.1 Å². The second-order valence-electron chi connectivity index (χ2n) is 6.67. The van der Waals surface area contributed by atoms with E-state index < -0.39 is 5.97 Å². The van der Waals surface area contributed by atoms with Crippen LogP contribution in [0.2, 0.25) is 0 Å². The second kappa shape index (κ2) is 10.8. The number of nitrogens with zero attached hydrogens (tertiary/aromatic N) is 2. The summed E-state index contributed by atoms with van der Waals surface area (Å²) >= 11 is 0. The van der Waals surface area contributed by atoms with Crippen LogP contribution in [0.15, 0.2) is 4.99 Å². The molecule has 1 atom stereocenters. The van der Waals surface area contributed by atoms with Crippen molar-refractivity contribution in [1.29, 1.82) is 0 Å². The van der Waals surface area contributed by atoms with Crippen LogP contribution >= 0.6 is 0 Å². The molecule has 22 heavy (non-hydrogen) atoms. The van der Waals surface area contributed by atoms with Gasteiger partial charge in [-0.2, -0.15) is 0 Å². The lowest BCUT2D eigenvalue weighted by molar-refractivity contribution is -0.828. The number of carboxylic acid groups (broad SMARTS) is 1. The van der Waals surface area contributed by atoms with Gasteiger partial charge in [-0.1, -0.05) is 58.8 Å². The molecule has 0 aromatic rings. The van der Waals surface area contributed by atoms with Gasteiger partial charge in [0.2, 0.25) is 0 Å². The van der Waals surface area contributed by atoms with Crippen LogP contribution in [0.5, 0.6) is 0 Å². The van der Waals surface area contributed by atoms with Crippen molar-refractivity contribution in [2.45, 2.75) is 78.1 Å². The van der Waals surface area contributed by atoms with Crippen LogP contribution in [0, 0.1) is 0 Å². The summed E-state index contributed by atoms with van der Waals surface area (Å²) in [7, 11) is 0. The molecule has 4 nitrogen and oxygen atoms in total. The third kappa shape index (κ3) is 6.47. The Morgan fingerprint density at radius 1 is 1.05 bits per heavy atom. The number of rotatable bonds is 13. The van der Waals surface area contributed by atoms with Crippen molar-refractivity contribution in [2.75, 3.05) is 26.2 Å². The minimum Gasteiger partial charge on any atom is -0.477 e. The largest absolute Gasteiger partial charge is 0.477 e. The Morgan fingerprint density at radius 3 is 2.27 bits per heavy atom. The van der Waals surface area contributed by atoms with Gasteiger partial charge in [0.05, 0.1) is 13.1 Å². The van der Waals surface area contributed by atoms with Crippen molar-refractivity contribution in [3.63, 3.8) is 0 Å². The number of hydrogen-bond donors (Lipinski definition) is 1. The van der Waals surface area contributed by atoms with Crippen LogP contribution in [0.25, 0.3) is 0 Å². The van der Waals surface area contributed by atoms with Gasteiger partial charge in [0.15, 0.2) is 12.4 Å². The van der Waals surface area contributed by atoms with Gasteiger partial charge in [0.25, 0.3) is 0 Å². The Labute approximate surface area is 136 Å². The molecule has 128 valence electrons. The fourth-order valence-electron chi connectivity index (χ4n) is 3.56. The smallest absolute Gasteiger partial charge is 0.359 e. The molecule has 4 heteroatoms. The van der Waals surface area contributed by atoms with E-state index in [-0.39, 0.29) is 6.54 Å². The van der Waals surface area contributed by atoms with Crippen molar-refractivity contribution < 1.29 is 14.4 Å². The molecule has 0 spiro atoms. The monoisotopic (exact) mass is 311 g/mol. The fraction of sp³-hybridized carbons (Fsp3) is 0.889. The zero-order valence-electron chi connectivity index (χ0n) is 14.6. The van der Waals surface area contributed by atoms with E-state index in [1.165, 1.54) is 44.9 Å². The first-order chi connectivity index (χ1) is 10.6. The van der Waals surface area contributed by atoms with Crippen molar-refractivity contribution in [2.24, 2.45) is 4.99 Å². The van der Waals surface area contributed by atoms with E-state index in [2.05, 4.69) is 18.8 Å². The van der Waals surface area contributed by atoms with E-state index in [0.29, 0.717) is 4.48 Å². The molecule has 0 aromatic carbocycles. The molecule has 1 N–H and O–H groups in total. The number of amidine groups is 1. The summed E-state index contributed by atoms with van der Waals surface area (Å²) in [6.45, 7) is 7.20. The fourth-order valence-corrected chi connectivity index (χ4v) is 3.56. The maximum absolute atomic E-state index is 11.2. The molecule has 0 aliphatic carbocycles. The van der Waals surface area contributed by atoms with Gasteiger partial charge in [-0.25, -0.2) is 9.79 Å². The summed E-state index contributed by atoms with van der Waals surface area (Å²) in [5.41, 5.74) is 0. The Hall–Kier alpha value is -0.900. The van der Waals surface area contributed by atoms with Crippen LogP contribution in [-0.4, -0.2) is 47.6 Å². The van der Waals surface area contributed by atoms with Crippen molar-refractivity contribution >= 4 is 11.8 Å². The highest BCUT2D eigenvalue weighted by atomic mass is 16.4. The van der Waals surface area contributed by atoms with Gasteiger partial charge in [0.1, 0.15) is 6.54 Å². The number of hydrogen-bond acceptors (Lipinski definition) is 2. The Bertz CT molecular complexity index is 355. The summed E-state index contributed by atoms with van der Waals surface area (Å²) in [5.74, 6) is 0.453. The van der Waals surface area contributed by atoms with E-state index in [0.717, 1.165) is 44.7 Å². The molecule has 0 amide bonds. The average Bonchev–Trinajstić information content (AvgIpc) is 2.84. The minimum absolute atomic E-state index is 0.212. The summed E-state index contributed by atoms with van der Waals surface area (Å²) < 4.78 is 0.613. The third-order valence-electron chi connectivity index (χ3n) is 4.71. The standard InChI is InChI=1S/C18H34N2O2/c1-3-5-6-7-8-9-10-11-12-17-19-13-15-20(17,14-4-2)16-18(21)22/h3-16H2,1-2H3/p+1. The number of quaternary nitrogens is 1. The first kappa shape index (κ1) is 19.1. The van der Waals surface area contributed by atoms with Gasteiger partial charge >= 0.3 is 5.97 Å². The molecule has 0 bridgehead atoms. The average molecular weight is 311 g/mol. The van der Waals surface area contributed by atoms with E-state index in [1.54, 1.807) is 0 Å². The number of aliphatic imine (C=N–C) groups is 1. The predicted molar refractivity (Wildman–Crippen MR) is 92.3 cm³/mol. The Balaban J connectivity index is 2.29. The zero-order chi connectivity index (χ0) is 16.3. The zero-order valence-corrected chi connectivity index (χ0v) is 14.6. The molecular formula is C18H35N2O2+. The lowest BCUT2D eigenvalue weighted by Gasteiger charge is -2.33. The Morgan fingerprint density at radius 2 is 1.68 bits per heavy atom. The molecule has 0 aromatic heterocycles. The summed E-state index contributed by atoms with van der Waals surface area (Å²) in [6, 6.07) is 0. The minimum atomic E-state index is -0.695. The van der Waals surface area contributed by atoms with Gasteiger partial charge in [-0.15, -0.1) is 0 Å². The maximum Gasteiger partial charge on any atom is 0.359 e. The first-order valence-corrected chi connectivity index (χ1v) is 9.26. The van der Waals surface area contributed by atoms with Crippen LogP contribution < -0.4 is 0 Å². The van der Waals surface area contributed by atoms with E-state index in [4.69, 9.17) is 0 Å².